The molecule has 0 aromatic heterocycles. The van der Waals surface area contributed by atoms with Crippen molar-refractivity contribution in [1.29, 1.82) is 0 Å². The summed E-state index contributed by atoms with van der Waals surface area (Å²) in [6, 6.07) is 0. The van der Waals surface area contributed by atoms with Crippen molar-refractivity contribution in [3.05, 3.63) is 0 Å². The van der Waals surface area contributed by atoms with Gasteiger partial charge in [-0.15, -0.1) is 0 Å². The quantitative estimate of drug-likeness (QED) is 0.310. The maximum Gasteiger partial charge on any atom is 1.00 e. The number of ether oxygens (including phenoxy) is 1. The molecule has 0 radical (unpaired) electrons. The molecule has 0 aliphatic rings. The molecule has 0 aromatic carbocycles. The third-order valence-corrected chi connectivity index (χ3v) is 1.17. The summed E-state index contributed by atoms with van der Waals surface area (Å²) in [5, 5.41) is 27.9. The van der Waals surface area contributed by atoms with Crippen LogP contribution in [0.15, 0.2) is 0 Å². The molecule has 16 heavy (non-hydrogen) atoms. The molecule has 0 aliphatic heterocycles. The van der Waals surface area contributed by atoms with Crippen molar-refractivity contribution in [1.82, 2.24) is 0 Å². The number of hydrogen-bond acceptors (Lipinski definition) is 4. The van der Waals surface area contributed by atoms with Crippen LogP contribution >= 0.6 is 0 Å². The zero-order valence-corrected chi connectivity index (χ0v) is 13.3. The van der Waals surface area contributed by atoms with Crippen LogP contribution in [0, 0.1) is 0 Å². The minimum atomic E-state index is -1.83. The minimum Gasteiger partial charge on any atom is -1.00 e. The van der Waals surface area contributed by atoms with Gasteiger partial charge in [-0.1, -0.05) is 0 Å². The summed E-state index contributed by atoms with van der Waals surface area (Å²) in [5.74, 6) is -0.100. The molecule has 92 valence electrons. The maximum absolute atomic E-state index is 10.2. The molecular formula is C6H13NaO8Te. The standard InChI is InChI=1S/C4H8O2Te.2CH2O3.Na.H/c1-2-6-4(5)3-7;2*2-1(3)4;;/h7H,2-3H2,1H3;2*(H2,2,3,4);;/q;;;+1;-1. The predicted molar refractivity (Wildman–Crippen MR) is 51.0 cm³/mol. The molecule has 4 N–H and O–H groups in total. The van der Waals surface area contributed by atoms with Crippen molar-refractivity contribution in [3.8, 4) is 0 Å². The molecule has 0 aromatic rings. The molecule has 0 aliphatic carbocycles. The Kier molecular flexibility index (Phi) is 31.4. The Balaban J connectivity index is -0.0000000425. The SMILES string of the molecule is CCOC(=O)C[TeH].O=C(O)O.O=C(O)O.[H-].[Na+]. The van der Waals surface area contributed by atoms with E-state index in [-0.39, 0.29) is 37.0 Å². The first-order valence-electron chi connectivity index (χ1n) is 3.38. The fourth-order valence-corrected chi connectivity index (χ4v) is 0.467. The van der Waals surface area contributed by atoms with E-state index >= 15 is 0 Å². The van der Waals surface area contributed by atoms with Crippen LogP contribution in [-0.4, -0.2) is 67.6 Å². The number of carboxylic acid groups (broad SMARTS) is 4. The van der Waals surface area contributed by atoms with Gasteiger partial charge < -0.3 is 21.9 Å². The summed E-state index contributed by atoms with van der Waals surface area (Å²) in [7, 11) is 0. The van der Waals surface area contributed by atoms with Crippen LogP contribution in [0.5, 0.6) is 0 Å². The van der Waals surface area contributed by atoms with Crippen LogP contribution in [0.2, 0.25) is 4.47 Å². The smallest absolute Gasteiger partial charge is 1.00 e. The van der Waals surface area contributed by atoms with E-state index in [4.69, 9.17) is 30.0 Å². The third-order valence-electron chi connectivity index (χ3n) is 0.434. The molecule has 0 heterocycles. The second-order valence-corrected chi connectivity index (χ2v) is 2.43. The van der Waals surface area contributed by atoms with Crippen LogP contribution in [0.25, 0.3) is 0 Å². The van der Waals surface area contributed by atoms with Gasteiger partial charge in [-0.3, -0.25) is 0 Å². The summed E-state index contributed by atoms with van der Waals surface area (Å²) < 4.78 is 5.09. The first-order valence-corrected chi connectivity index (χ1v) is 5.18. The van der Waals surface area contributed by atoms with Crippen molar-refractivity contribution in [2.45, 2.75) is 11.4 Å². The number of rotatable bonds is 2. The molecule has 0 fully saturated rings. The second kappa shape index (κ2) is 20.2. The van der Waals surface area contributed by atoms with Crippen LogP contribution in [0.1, 0.15) is 8.35 Å². The Morgan fingerprint density at radius 2 is 1.38 bits per heavy atom. The predicted octanol–water partition coefficient (Wildman–Crippen LogP) is -2.57. The van der Waals surface area contributed by atoms with Crippen molar-refractivity contribution in [3.63, 3.8) is 0 Å². The van der Waals surface area contributed by atoms with Gasteiger partial charge in [0, 0.05) is 0 Å². The fraction of sp³-hybridized carbons (Fsp3) is 0.500. The summed E-state index contributed by atoms with van der Waals surface area (Å²) in [6.45, 7) is 2.31. The number of hydrogen-bond donors (Lipinski definition) is 4. The summed E-state index contributed by atoms with van der Waals surface area (Å²) >= 11 is 1.47. The first kappa shape index (κ1) is 24.9. The third kappa shape index (κ3) is 98.1. The van der Waals surface area contributed by atoms with Crippen molar-refractivity contribution < 1.29 is 70.5 Å². The Hall–Kier alpha value is -0.200. The topological polar surface area (TPSA) is 141 Å². The van der Waals surface area contributed by atoms with E-state index in [1.807, 2.05) is 0 Å². The van der Waals surface area contributed by atoms with E-state index in [9.17, 15) is 4.79 Å². The van der Waals surface area contributed by atoms with E-state index in [2.05, 4.69) is 4.74 Å². The van der Waals surface area contributed by atoms with E-state index in [0.29, 0.717) is 11.1 Å². The van der Waals surface area contributed by atoms with Gasteiger partial charge in [0.05, 0.1) is 0 Å². The van der Waals surface area contributed by atoms with Gasteiger partial charge in [-0.25, -0.2) is 9.59 Å². The number of esters is 1. The zero-order chi connectivity index (χ0) is 12.9. The monoisotopic (exact) mass is 366 g/mol. The molecular weight excluding hydrogens is 351 g/mol. The Labute approximate surface area is 128 Å². The molecule has 10 heteroatoms. The van der Waals surface area contributed by atoms with E-state index in [1.165, 1.54) is 22.3 Å². The molecule has 0 bridgehead atoms. The fourth-order valence-electron chi connectivity index (χ4n) is 0.207. The largest absolute Gasteiger partial charge is 1.00 e. The van der Waals surface area contributed by atoms with Crippen LogP contribution < -0.4 is 29.6 Å². The van der Waals surface area contributed by atoms with Gasteiger partial charge in [0.2, 0.25) is 0 Å². The minimum absolute atomic E-state index is 0. The molecule has 0 spiro atoms. The average molecular weight is 364 g/mol. The molecule has 8 nitrogen and oxygen atoms in total. The van der Waals surface area contributed by atoms with Gasteiger partial charge in [0.1, 0.15) is 0 Å². The molecule has 0 unspecified atom stereocenters. The molecule has 0 saturated heterocycles. The first-order chi connectivity index (χ1) is 6.77. The van der Waals surface area contributed by atoms with Crippen LogP contribution in [0.4, 0.5) is 9.59 Å². The van der Waals surface area contributed by atoms with Gasteiger partial charge in [0.15, 0.2) is 0 Å². The van der Waals surface area contributed by atoms with Crippen molar-refractivity contribution in [2.24, 2.45) is 0 Å². The molecule has 0 rings (SSSR count). The van der Waals surface area contributed by atoms with E-state index < -0.39 is 12.3 Å². The second-order valence-electron chi connectivity index (χ2n) is 1.53. The molecule has 0 amide bonds. The Morgan fingerprint density at radius 3 is 1.44 bits per heavy atom. The van der Waals surface area contributed by atoms with Crippen molar-refractivity contribution >= 4 is 40.6 Å². The summed E-state index contributed by atoms with van der Waals surface area (Å²) in [5.41, 5.74) is 0. The van der Waals surface area contributed by atoms with E-state index in [0.717, 1.165) is 0 Å². The molecule has 0 atom stereocenters. The number of carbonyl (C=O) groups excluding carboxylic acids is 1. The van der Waals surface area contributed by atoms with Gasteiger partial charge in [-0.2, -0.15) is 0 Å². The molecule has 0 saturated carbocycles. The van der Waals surface area contributed by atoms with Gasteiger partial charge in [-0.05, 0) is 0 Å². The number of carbonyl (C=O) groups is 3. The Bertz CT molecular complexity index is 182. The zero-order valence-electron chi connectivity index (χ0n) is 9.78. The van der Waals surface area contributed by atoms with Crippen LogP contribution in [0.3, 0.4) is 0 Å². The average Bonchev–Trinajstić information content (AvgIpc) is 2.02. The van der Waals surface area contributed by atoms with Gasteiger partial charge >= 0.3 is 97.7 Å². The maximum atomic E-state index is 10.2. The van der Waals surface area contributed by atoms with Crippen LogP contribution in [-0.2, 0) is 9.53 Å². The summed E-state index contributed by atoms with van der Waals surface area (Å²) in [6.07, 6.45) is -3.67. The van der Waals surface area contributed by atoms with E-state index in [1.54, 1.807) is 6.92 Å². The Morgan fingerprint density at radius 1 is 1.12 bits per heavy atom. The normalized spacial score (nSPS) is 6.62. The van der Waals surface area contributed by atoms with Crippen molar-refractivity contribution in [2.75, 3.05) is 6.61 Å². The van der Waals surface area contributed by atoms with Gasteiger partial charge in [0.25, 0.3) is 0 Å². The summed E-state index contributed by atoms with van der Waals surface area (Å²) in [4.78, 5) is 27.3.